The fourth-order valence-electron chi connectivity index (χ4n) is 1.42. The van der Waals surface area contributed by atoms with E-state index < -0.39 is 17.2 Å². The van der Waals surface area contributed by atoms with Crippen LogP contribution in [0.3, 0.4) is 0 Å². The number of rotatable bonds is 4. The van der Waals surface area contributed by atoms with E-state index >= 15 is 0 Å². The summed E-state index contributed by atoms with van der Waals surface area (Å²) in [5.41, 5.74) is -0.212. The van der Waals surface area contributed by atoms with Crippen LogP contribution in [-0.4, -0.2) is 16.0 Å². The second-order valence-electron chi connectivity index (χ2n) is 4.03. The Morgan fingerprint density at radius 3 is 2.78 bits per heavy atom. The number of nitro benzene ring substituents is 1. The summed E-state index contributed by atoms with van der Waals surface area (Å²) in [6.45, 7) is 0. The minimum atomic E-state index is -1.51. The number of hydrogen-bond donors (Lipinski definition) is 1. The zero-order valence-corrected chi connectivity index (χ0v) is 9.96. The molecule has 0 radical (unpaired) electrons. The normalized spacial score (nSPS) is 16.1. The molecule has 0 aromatic heterocycles. The first-order valence-corrected chi connectivity index (χ1v) is 5.69. The number of hydrogen-bond acceptors (Lipinski definition) is 5. The maximum Gasteiger partial charge on any atom is 0.311 e. The predicted octanol–water partition coefficient (Wildman–Crippen LogP) is 2.19. The molecule has 1 aromatic carbocycles. The molecular formula is C11H10ClNO5. The van der Waals surface area contributed by atoms with Crippen LogP contribution < -0.4 is 0 Å². The Kier molecular flexibility index (Phi) is 3.49. The molecular weight excluding hydrogens is 262 g/mol. The van der Waals surface area contributed by atoms with Crippen LogP contribution in [0, 0.1) is 16.0 Å². The maximum atomic E-state index is 11.3. The van der Waals surface area contributed by atoms with Gasteiger partial charge in [0.2, 0.25) is 6.29 Å². The number of aliphatic hydroxyl groups is 1. The van der Waals surface area contributed by atoms with Crippen LogP contribution in [0.5, 0.6) is 0 Å². The highest BCUT2D eigenvalue weighted by atomic mass is 35.5. The van der Waals surface area contributed by atoms with E-state index in [0.717, 1.165) is 18.9 Å². The number of nitrogens with zero attached hydrogens (tertiary/aromatic N) is 1. The highest BCUT2D eigenvalue weighted by molar-refractivity contribution is 6.32. The summed E-state index contributed by atoms with van der Waals surface area (Å²) in [7, 11) is 0. The summed E-state index contributed by atoms with van der Waals surface area (Å²) in [5, 5.41) is 20.3. The number of benzene rings is 1. The molecule has 6 nitrogen and oxygen atoms in total. The second kappa shape index (κ2) is 4.91. The van der Waals surface area contributed by atoms with Crippen molar-refractivity contribution in [1.29, 1.82) is 0 Å². The van der Waals surface area contributed by atoms with Gasteiger partial charge in [0.15, 0.2) is 0 Å². The fraction of sp³-hybridized carbons (Fsp3) is 0.364. The molecule has 2 rings (SSSR count). The molecule has 0 amide bonds. The summed E-state index contributed by atoms with van der Waals surface area (Å²) in [5.74, 6) is -0.637. The minimum absolute atomic E-state index is 0.0375. The molecule has 0 bridgehead atoms. The van der Waals surface area contributed by atoms with E-state index in [0.29, 0.717) is 0 Å². The molecule has 96 valence electrons. The van der Waals surface area contributed by atoms with Crippen LogP contribution in [0.2, 0.25) is 5.02 Å². The van der Waals surface area contributed by atoms with Gasteiger partial charge in [-0.3, -0.25) is 14.9 Å². The monoisotopic (exact) mass is 271 g/mol. The van der Waals surface area contributed by atoms with Crippen molar-refractivity contribution in [2.24, 2.45) is 5.92 Å². The molecule has 0 saturated heterocycles. The van der Waals surface area contributed by atoms with E-state index in [1.54, 1.807) is 0 Å². The van der Waals surface area contributed by atoms with Gasteiger partial charge in [0.25, 0.3) is 5.69 Å². The standard InChI is InChI=1S/C11H10ClNO5/c12-8-4-3-7(5-9(8)13(16)17)11(15)18-10(14)6-1-2-6/h3-6,11,15H,1-2H2. The van der Waals surface area contributed by atoms with E-state index in [2.05, 4.69) is 0 Å². The molecule has 1 unspecified atom stereocenters. The third-order valence-electron chi connectivity index (χ3n) is 2.59. The van der Waals surface area contributed by atoms with Gasteiger partial charge in [-0.1, -0.05) is 17.7 Å². The van der Waals surface area contributed by atoms with Crippen molar-refractivity contribution in [1.82, 2.24) is 0 Å². The summed E-state index contributed by atoms with van der Waals surface area (Å²) < 4.78 is 4.79. The lowest BCUT2D eigenvalue weighted by Gasteiger charge is -2.12. The molecule has 0 aliphatic heterocycles. The van der Waals surface area contributed by atoms with Crippen molar-refractivity contribution in [3.63, 3.8) is 0 Å². The Balaban J connectivity index is 2.14. The number of aliphatic hydroxyl groups excluding tert-OH is 1. The van der Waals surface area contributed by atoms with Gasteiger partial charge in [-0.2, -0.15) is 0 Å². The first-order valence-electron chi connectivity index (χ1n) is 5.31. The van der Waals surface area contributed by atoms with Gasteiger partial charge in [-0.05, 0) is 18.9 Å². The van der Waals surface area contributed by atoms with Crippen molar-refractivity contribution in [3.8, 4) is 0 Å². The van der Waals surface area contributed by atoms with Crippen LogP contribution >= 0.6 is 11.6 Å². The molecule has 1 aliphatic rings. The van der Waals surface area contributed by atoms with Gasteiger partial charge in [0.05, 0.1) is 10.8 Å². The largest absolute Gasteiger partial charge is 0.431 e. The number of ether oxygens (including phenoxy) is 1. The Morgan fingerprint density at radius 2 is 2.22 bits per heavy atom. The molecule has 0 spiro atoms. The van der Waals surface area contributed by atoms with Crippen LogP contribution in [0.4, 0.5) is 5.69 Å². The zero-order chi connectivity index (χ0) is 13.3. The molecule has 7 heteroatoms. The van der Waals surface area contributed by atoms with Gasteiger partial charge < -0.3 is 9.84 Å². The molecule has 0 heterocycles. The van der Waals surface area contributed by atoms with E-state index in [1.165, 1.54) is 12.1 Å². The number of carbonyl (C=O) groups excluding carboxylic acids is 1. The van der Waals surface area contributed by atoms with Crippen molar-refractivity contribution >= 4 is 23.3 Å². The predicted molar refractivity (Wildman–Crippen MR) is 61.9 cm³/mol. The summed E-state index contributed by atoms with van der Waals surface area (Å²) >= 11 is 5.63. The Bertz CT molecular complexity index is 500. The summed E-state index contributed by atoms with van der Waals surface area (Å²) in [6, 6.07) is 3.75. The Labute approximate surface area is 107 Å². The lowest BCUT2D eigenvalue weighted by Crippen LogP contribution is -2.12. The second-order valence-corrected chi connectivity index (χ2v) is 4.44. The maximum absolute atomic E-state index is 11.3. The first kappa shape index (κ1) is 12.8. The quantitative estimate of drug-likeness (QED) is 0.392. The topological polar surface area (TPSA) is 89.7 Å². The number of halogens is 1. The van der Waals surface area contributed by atoms with Crippen LogP contribution in [0.15, 0.2) is 18.2 Å². The molecule has 18 heavy (non-hydrogen) atoms. The van der Waals surface area contributed by atoms with Crippen LogP contribution in [0.25, 0.3) is 0 Å². The third-order valence-corrected chi connectivity index (χ3v) is 2.91. The van der Waals surface area contributed by atoms with Crippen LogP contribution in [0.1, 0.15) is 24.7 Å². The molecule has 1 aromatic rings. The smallest absolute Gasteiger partial charge is 0.311 e. The van der Waals surface area contributed by atoms with E-state index in [4.69, 9.17) is 16.3 Å². The fourth-order valence-corrected chi connectivity index (χ4v) is 1.60. The number of esters is 1. The summed E-state index contributed by atoms with van der Waals surface area (Å²) in [6.07, 6.45) is 0.00704. The van der Waals surface area contributed by atoms with Gasteiger partial charge in [-0.15, -0.1) is 0 Å². The molecule has 1 N–H and O–H groups in total. The Hall–Kier alpha value is -1.66. The van der Waals surface area contributed by atoms with Gasteiger partial charge >= 0.3 is 5.97 Å². The van der Waals surface area contributed by atoms with Crippen LogP contribution in [-0.2, 0) is 9.53 Å². The Morgan fingerprint density at radius 1 is 1.56 bits per heavy atom. The zero-order valence-electron chi connectivity index (χ0n) is 9.21. The number of nitro groups is 1. The molecule has 1 aliphatic carbocycles. The van der Waals surface area contributed by atoms with Gasteiger partial charge in [0.1, 0.15) is 5.02 Å². The SMILES string of the molecule is O=C(OC(O)c1ccc(Cl)c([N+](=O)[O-])c1)C1CC1. The minimum Gasteiger partial charge on any atom is -0.431 e. The first-order chi connectivity index (χ1) is 8.49. The van der Waals surface area contributed by atoms with E-state index in [1.807, 2.05) is 0 Å². The van der Waals surface area contributed by atoms with Gasteiger partial charge in [0, 0.05) is 11.6 Å². The molecule has 1 saturated carbocycles. The average Bonchev–Trinajstić information content (AvgIpc) is 3.12. The van der Waals surface area contributed by atoms with Crippen molar-refractivity contribution in [2.75, 3.05) is 0 Å². The average molecular weight is 272 g/mol. The number of carbonyl (C=O) groups is 1. The summed E-state index contributed by atoms with van der Waals surface area (Å²) in [4.78, 5) is 21.3. The highest BCUT2D eigenvalue weighted by Gasteiger charge is 2.33. The lowest BCUT2D eigenvalue weighted by molar-refractivity contribution is -0.384. The van der Waals surface area contributed by atoms with E-state index in [9.17, 15) is 20.0 Å². The lowest BCUT2D eigenvalue weighted by atomic mass is 10.2. The molecule has 1 atom stereocenters. The van der Waals surface area contributed by atoms with E-state index in [-0.39, 0.29) is 22.2 Å². The van der Waals surface area contributed by atoms with Crippen molar-refractivity contribution in [3.05, 3.63) is 38.9 Å². The molecule has 1 fully saturated rings. The third kappa shape index (κ3) is 2.77. The van der Waals surface area contributed by atoms with Crippen molar-refractivity contribution < 1.29 is 19.6 Å². The highest BCUT2D eigenvalue weighted by Crippen LogP contribution is 2.33. The van der Waals surface area contributed by atoms with Crippen molar-refractivity contribution in [2.45, 2.75) is 19.1 Å². The van der Waals surface area contributed by atoms with Gasteiger partial charge in [-0.25, -0.2) is 0 Å².